The van der Waals surface area contributed by atoms with Crippen LogP contribution in [0.25, 0.3) is 0 Å². The van der Waals surface area contributed by atoms with Gasteiger partial charge in [-0.3, -0.25) is 19.2 Å². The van der Waals surface area contributed by atoms with Crippen LogP contribution in [0.15, 0.2) is 0 Å². The van der Waals surface area contributed by atoms with Gasteiger partial charge in [0.2, 0.25) is 23.6 Å². The summed E-state index contributed by atoms with van der Waals surface area (Å²) in [6.45, 7) is -0.763. The van der Waals surface area contributed by atoms with E-state index in [1.54, 1.807) is 0 Å². The number of hydrogen-bond donors (Lipinski definition) is 19. The Kier molecular flexibility index (Phi) is 22.8. The van der Waals surface area contributed by atoms with Crippen LogP contribution in [-0.2, 0) is 57.3 Å². The number of ether oxygens (including phenoxy) is 4. The number of aliphatic hydroxyl groups excluding tert-OH is 7. The summed E-state index contributed by atoms with van der Waals surface area (Å²) >= 11 is 0. The van der Waals surface area contributed by atoms with Gasteiger partial charge >= 0.3 is 23.9 Å². The van der Waals surface area contributed by atoms with Gasteiger partial charge in [0.25, 0.3) is 0 Å². The standard InChI is InChI=1S/C18H36N4O11.4C5H7NO3/c19-2-6-10(25)12(27)13(28)18(30-6)33-16-5(21)1-4(20)15(14(16)29)32-17-11(26)8(22)9(24)7(3-23)31-17;4*7-4-2-1-3(6-4)5(8)9/h4-18,23-29H,1-3,19-22H2;4*3H,1-2H2,(H,6,7)(H,8,9)/t4-,5+,6-,7-,8+,9-,10-,11-,12+,13-,14-,15+,16-,17-,18-;4*3-/m10000/s1. The minimum Gasteiger partial charge on any atom is -0.480 e. The second-order valence-corrected chi connectivity index (χ2v) is 16.8. The quantitative estimate of drug-likeness (QED) is 0.0966. The van der Waals surface area contributed by atoms with Crippen molar-refractivity contribution in [2.75, 3.05) is 13.2 Å². The van der Waals surface area contributed by atoms with Crippen molar-refractivity contribution in [3.05, 3.63) is 0 Å². The zero-order valence-electron chi connectivity index (χ0n) is 36.9. The van der Waals surface area contributed by atoms with Crippen LogP contribution >= 0.6 is 0 Å². The van der Waals surface area contributed by atoms with Crippen LogP contribution in [0.1, 0.15) is 57.8 Å². The van der Waals surface area contributed by atoms with E-state index in [-0.39, 0.29) is 36.6 Å². The molecule has 394 valence electrons. The number of carboxylic acid groups (broad SMARTS) is 4. The minimum absolute atomic E-state index is 0.0849. The molecule has 0 spiro atoms. The summed E-state index contributed by atoms with van der Waals surface area (Å²) < 4.78 is 22.2. The van der Waals surface area contributed by atoms with Gasteiger partial charge in [-0.05, 0) is 32.1 Å². The Morgan fingerprint density at radius 3 is 1.12 bits per heavy atom. The van der Waals surface area contributed by atoms with Gasteiger partial charge in [0.1, 0.15) is 85.2 Å². The maximum atomic E-state index is 10.9. The van der Waals surface area contributed by atoms with Crippen molar-refractivity contribution in [1.82, 2.24) is 21.3 Å². The molecule has 31 nitrogen and oxygen atoms in total. The van der Waals surface area contributed by atoms with Gasteiger partial charge in [-0.15, -0.1) is 0 Å². The highest BCUT2D eigenvalue weighted by Gasteiger charge is 2.51. The van der Waals surface area contributed by atoms with Gasteiger partial charge in [0.05, 0.1) is 12.6 Å². The van der Waals surface area contributed by atoms with Crippen molar-refractivity contribution in [2.45, 2.75) is 174 Å². The van der Waals surface area contributed by atoms with Gasteiger partial charge in [0.15, 0.2) is 12.6 Å². The molecule has 0 unspecified atom stereocenters. The van der Waals surface area contributed by atoms with E-state index < -0.39 is 146 Å². The van der Waals surface area contributed by atoms with Crippen molar-refractivity contribution >= 4 is 47.5 Å². The number of hydrogen-bond acceptors (Lipinski definition) is 23. The molecule has 7 aliphatic rings. The summed E-state index contributed by atoms with van der Waals surface area (Å²) in [5.74, 6) is -4.43. The third kappa shape index (κ3) is 16.6. The first-order valence-corrected chi connectivity index (χ1v) is 21.7. The van der Waals surface area contributed by atoms with Gasteiger partial charge in [-0.25, -0.2) is 19.2 Å². The molecule has 31 heteroatoms. The highest BCUT2D eigenvalue weighted by atomic mass is 16.7. The van der Waals surface area contributed by atoms with Crippen LogP contribution in [0.2, 0.25) is 0 Å². The Labute approximate surface area is 391 Å². The normalized spacial score (nSPS) is 39.1. The van der Waals surface area contributed by atoms with Crippen LogP contribution in [0.3, 0.4) is 0 Å². The number of nitrogens with one attached hydrogen (secondary N) is 4. The third-order valence-electron chi connectivity index (χ3n) is 11.7. The molecular weight excluding hydrogens is 936 g/mol. The summed E-state index contributed by atoms with van der Waals surface area (Å²) in [5, 5.41) is 113. The minimum atomic E-state index is -1.66. The van der Waals surface area contributed by atoms with Crippen LogP contribution in [0, 0.1) is 0 Å². The predicted octanol–water partition coefficient (Wildman–Crippen LogP) is -9.89. The fourth-order valence-electron chi connectivity index (χ4n) is 7.60. The molecular formula is C38H64N8O23. The summed E-state index contributed by atoms with van der Waals surface area (Å²) in [6, 6.07) is -5.43. The second kappa shape index (κ2) is 26.9. The first-order valence-electron chi connectivity index (χ1n) is 21.7. The van der Waals surface area contributed by atoms with E-state index in [1.807, 2.05) is 0 Å². The topological polar surface area (TPSA) is 548 Å². The fourth-order valence-corrected chi connectivity index (χ4v) is 7.60. The molecule has 7 fully saturated rings. The summed E-state index contributed by atoms with van der Waals surface area (Å²) in [7, 11) is 0. The van der Waals surface area contributed by atoms with Gasteiger partial charge < -0.3 is 119 Å². The molecule has 1 saturated carbocycles. The number of aliphatic carboxylic acids is 4. The Morgan fingerprint density at radius 2 is 0.841 bits per heavy atom. The fraction of sp³-hybridized carbons (Fsp3) is 0.789. The molecule has 0 aromatic carbocycles. The van der Waals surface area contributed by atoms with Crippen LogP contribution in [0.5, 0.6) is 0 Å². The molecule has 0 bridgehead atoms. The van der Waals surface area contributed by atoms with Gasteiger partial charge in [-0.1, -0.05) is 0 Å². The molecule has 0 aromatic rings. The molecule has 4 amide bonds. The third-order valence-corrected chi connectivity index (χ3v) is 11.7. The lowest BCUT2D eigenvalue weighted by Crippen LogP contribution is -2.68. The van der Waals surface area contributed by atoms with Crippen molar-refractivity contribution in [1.29, 1.82) is 0 Å². The Hall–Kier alpha value is -4.84. The Balaban J connectivity index is 0.000000279. The van der Waals surface area contributed by atoms with E-state index in [0.717, 1.165) is 0 Å². The zero-order chi connectivity index (χ0) is 52.0. The number of carboxylic acids is 4. The second-order valence-electron chi connectivity index (χ2n) is 16.8. The van der Waals surface area contributed by atoms with E-state index in [1.165, 1.54) is 0 Å². The maximum Gasteiger partial charge on any atom is 0.326 e. The lowest BCUT2D eigenvalue weighted by molar-refractivity contribution is -0.332. The van der Waals surface area contributed by atoms with Crippen molar-refractivity contribution < 1.29 is 113 Å². The van der Waals surface area contributed by atoms with Crippen LogP contribution in [-0.4, -0.2) is 233 Å². The van der Waals surface area contributed by atoms with Crippen molar-refractivity contribution in [3.63, 3.8) is 0 Å². The first-order chi connectivity index (χ1) is 32.3. The maximum absolute atomic E-state index is 10.9. The molecule has 69 heavy (non-hydrogen) atoms. The molecule has 0 aromatic heterocycles. The summed E-state index contributed by atoms with van der Waals surface area (Å²) in [4.78, 5) is 82.1. The molecule has 7 rings (SSSR count). The smallest absolute Gasteiger partial charge is 0.326 e. The number of aliphatic hydroxyl groups is 7. The van der Waals surface area contributed by atoms with Crippen molar-refractivity contribution in [2.24, 2.45) is 22.9 Å². The summed E-state index contributed by atoms with van der Waals surface area (Å²) in [5.41, 5.74) is 23.5. The SMILES string of the molecule is NC[C@H]1O[C@H](O[C@H]2[C@H](O)[C@@H](O[C@H]3O[C@H](CO)[C@@H](O)[C@H](N)[C@H]3O)[C@H](N)C[C@@H]2N)[C@H](O)[C@@H](O)[C@@H]1O.O=C1CC[C@@H](C(=O)O)N1.O=C1CC[C@@H](C(=O)O)N1.O=C1CC[C@@H](C(=O)O)N1.O=C1CC[C@@H](C(=O)O)N1. The highest BCUT2D eigenvalue weighted by Crippen LogP contribution is 2.31. The Bertz CT molecular complexity index is 1590. The van der Waals surface area contributed by atoms with Gasteiger partial charge in [-0.2, -0.15) is 0 Å². The van der Waals surface area contributed by atoms with E-state index in [0.29, 0.717) is 51.4 Å². The zero-order valence-corrected chi connectivity index (χ0v) is 36.9. The predicted molar refractivity (Wildman–Crippen MR) is 223 cm³/mol. The molecule has 19 atom stereocenters. The highest BCUT2D eigenvalue weighted by molar-refractivity contribution is 5.88. The average Bonchev–Trinajstić information content (AvgIpc) is 4.14. The van der Waals surface area contributed by atoms with E-state index in [2.05, 4.69) is 21.3 Å². The Morgan fingerprint density at radius 1 is 0.507 bits per heavy atom. The van der Waals surface area contributed by atoms with Crippen LogP contribution in [0.4, 0.5) is 0 Å². The number of amides is 4. The monoisotopic (exact) mass is 1000 g/mol. The largest absolute Gasteiger partial charge is 0.480 e. The molecule has 1 aliphatic carbocycles. The molecule has 6 aliphatic heterocycles. The van der Waals surface area contributed by atoms with Gasteiger partial charge in [0, 0.05) is 44.3 Å². The lowest BCUT2D eigenvalue weighted by Gasteiger charge is -2.48. The molecule has 23 N–H and O–H groups in total. The number of carbonyl (C=O) groups excluding carboxylic acids is 4. The number of rotatable bonds is 10. The van der Waals surface area contributed by atoms with Crippen molar-refractivity contribution in [3.8, 4) is 0 Å². The van der Waals surface area contributed by atoms with Crippen LogP contribution < -0.4 is 44.2 Å². The molecule has 6 heterocycles. The average molecular weight is 1000 g/mol. The molecule has 6 saturated heterocycles. The first kappa shape index (κ1) is 58.5. The molecule has 0 radical (unpaired) electrons. The van der Waals surface area contributed by atoms with E-state index in [9.17, 15) is 74.1 Å². The number of nitrogens with two attached hydrogens (primary N) is 4. The number of carbonyl (C=O) groups is 8. The van der Waals surface area contributed by atoms with E-state index >= 15 is 0 Å². The summed E-state index contributed by atoms with van der Waals surface area (Å²) in [6.07, 6.45) is -13.4. The lowest BCUT2D eigenvalue weighted by atomic mass is 9.84. The van der Waals surface area contributed by atoms with E-state index in [4.69, 9.17) is 62.3 Å².